The van der Waals surface area contributed by atoms with Crippen LogP contribution in [0.3, 0.4) is 0 Å². The van der Waals surface area contributed by atoms with Crippen LogP contribution in [0.25, 0.3) is 17.1 Å². The van der Waals surface area contributed by atoms with Crippen LogP contribution < -0.4 is 15.5 Å². The van der Waals surface area contributed by atoms with Crippen LogP contribution in [0.5, 0.6) is 0 Å². The van der Waals surface area contributed by atoms with Gasteiger partial charge in [-0.15, -0.1) is 5.10 Å². The highest BCUT2D eigenvalue weighted by Crippen LogP contribution is 2.52. The molecule has 2 aliphatic carbocycles. The van der Waals surface area contributed by atoms with Crippen molar-refractivity contribution >= 4 is 23.2 Å². The zero-order valence-electron chi connectivity index (χ0n) is 23.5. The monoisotopic (exact) mass is 539 g/mol. The van der Waals surface area contributed by atoms with E-state index in [0.29, 0.717) is 25.0 Å². The summed E-state index contributed by atoms with van der Waals surface area (Å²) >= 11 is 0. The largest absolute Gasteiger partial charge is 0.355 e. The Bertz CT molecular complexity index is 1490. The molecular formula is C31H37N7O2. The molecule has 2 saturated carbocycles. The second-order valence-corrected chi connectivity index (χ2v) is 12.3. The summed E-state index contributed by atoms with van der Waals surface area (Å²) in [5.74, 6) is 0.737. The summed E-state index contributed by atoms with van der Waals surface area (Å²) in [6.07, 6.45) is 6.70. The lowest BCUT2D eigenvalue weighted by molar-refractivity contribution is -0.119. The number of anilines is 2. The van der Waals surface area contributed by atoms with Crippen LogP contribution in [0.1, 0.15) is 61.6 Å². The molecule has 2 amide bonds. The van der Waals surface area contributed by atoms with Gasteiger partial charge in [-0.05, 0) is 69.9 Å². The Morgan fingerprint density at radius 3 is 2.45 bits per heavy atom. The predicted molar refractivity (Wildman–Crippen MR) is 155 cm³/mol. The summed E-state index contributed by atoms with van der Waals surface area (Å²) in [5, 5.41) is 4.77. The van der Waals surface area contributed by atoms with Gasteiger partial charge in [-0.3, -0.25) is 9.59 Å². The van der Waals surface area contributed by atoms with E-state index in [-0.39, 0.29) is 35.1 Å². The first kappa shape index (κ1) is 25.3. The normalized spacial score (nSPS) is 23.8. The van der Waals surface area contributed by atoms with Crippen molar-refractivity contribution in [2.75, 3.05) is 29.9 Å². The number of likely N-dealkylation sites (N-methyl/N-ethyl adjacent to an activating group) is 1. The summed E-state index contributed by atoms with van der Waals surface area (Å²) in [7, 11) is 1.85. The average Bonchev–Trinajstić information content (AvgIpc) is 3.27. The maximum absolute atomic E-state index is 13.7. The third-order valence-electron chi connectivity index (χ3n) is 9.66. The molecule has 2 atom stereocenters. The maximum atomic E-state index is 13.7. The van der Waals surface area contributed by atoms with E-state index in [2.05, 4.69) is 11.0 Å². The summed E-state index contributed by atoms with van der Waals surface area (Å²) in [6.45, 7) is 5.27. The van der Waals surface area contributed by atoms with Gasteiger partial charge in [0.15, 0.2) is 5.82 Å². The van der Waals surface area contributed by atoms with Crippen LogP contribution in [0, 0.1) is 12.3 Å². The number of aromatic nitrogens is 3. The number of amides is 2. The number of fused-ring (bicyclic) bond motifs is 1. The van der Waals surface area contributed by atoms with Gasteiger partial charge in [0.25, 0.3) is 5.91 Å². The third-order valence-corrected chi connectivity index (χ3v) is 9.66. The highest BCUT2D eigenvalue weighted by Gasteiger charge is 2.55. The van der Waals surface area contributed by atoms with E-state index in [0.717, 1.165) is 53.9 Å². The number of carbonyl (C=O) groups excluding carboxylic acids is 2. The SMILES string of the molecule is Cc1ccc(-n2nc(C(=O)N3C[C@@H](N)C4(CC4)C3)nc2-c2ccc3c(c2)N(C2CCCC2)[C@H](C)C(=O)N3C)cc1. The van der Waals surface area contributed by atoms with Crippen LogP contribution in [0.2, 0.25) is 0 Å². The van der Waals surface area contributed by atoms with Crippen molar-refractivity contribution in [3.8, 4) is 17.1 Å². The Balaban J connectivity index is 1.32. The number of nitrogens with two attached hydrogens (primary N) is 1. The number of hydrogen-bond donors (Lipinski definition) is 1. The van der Waals surface area contributed by atoms with Gasteiger partial charge in [0.2, 0.25) is 11.7 Å². The molecule has 7 rings (SSSR count). The molecular weight excluding hydrogens is 502 g/mol. The molecule has 2 aliphatic heterocycles. The molecule has 40 heavy (non-hydrogen) atoms. The summed E-state index contributed by atoms with van der Waals surface area (Å²) in [6, 6.07) is 14.3. The van der Waals surface area contributed by atoms with Crippen molar-refractivity contribution in [1.29, 1.82) is 0 Å². The number of likely N-dealkylation sites (tertiary alicyclic amines) is 1. The van der Waals surface area contributed by atoms with Crippen molar-refractivity contribution < 1.29 is 9.59 Å². The minimum Gasteiger partial charge on any atom is -0.355 e. The Morgan fingerprint density at radius 1 is 1.05 bits per heavy atom. The van der Waals surface area contributed by atoms with E-state index in [1.165, 1.54) is 12.8 Å². The van der Waals surface area contributed by atoms with Gasteiger partial charge in [-0.25, -0.2) is 9.67 Å². The fourth-order valence-corrected chi connectivity index (χ4v) is 7.01. The predicted octanol–water partition coefficient (Wildman–Crippen LogP) is 3.92. The van der Waals surface area contributed by atoms with E-state index >= 15 is 0 Å². The van der Waals surface area contributed by atoms with Gasteiger partial charge in [-0.2, -0.15) is 0 Å². The lowest BCUT2D eigenvalue weighted by Gasteiger charge is -2.43. The molecule has 0 bridgehead atoms. The molecule has 4 aliphatic rings. The van der Waals surface area contributed by atoms with Crippen LogP contribution in [-0.4, -0.2) is 69.7 Å². The molecule has 3 aromatic rings. The first-order valence-corrected chi connectivity index (χ1v) is 14.5. The minimum absolute atomic E-state index is 0.0130. The highest BCUT2D eigenvalue weighted by atomic mass is 16.2. The number of aryl methyl sites for hydroxylation is 1. The standard InChI is InChI=1S/C31H37N7O2/c1-19-8-11-23(12-9-19)38-28(33-27(34-38)30(40)36-17-26(32)31(18-36)14-15-31)21-10-13-24-25(16-21)37(22-6-4-5-7-22)20(2)29(39)35(24)3/h8-13,16,20,22,26H,4-7,14-15,17-18,32H2,1-3H3/t20-,26-/m1/s1. The van der Waals surface area contributed by atoms with Gasteiger partial charge in [0.1, 0.15) is 6.04 Å². The Hall–Kier alpha value is -3.72. The van der Waals surface area contributed by atoms with Crippen molar-refractivity contribution in [2.24, 2.45) is 11.1 Å². The molecule has 1 saturated heterocycles. The van der Waals surface area contributed by atoms with Crippen molar-refractivity contribution in [2.45, 2.75) is 70.5 Å². The highest BCUT2D eigenvalue weighted by molar-refractivity contribution is 6.05. The maximum Gasteiger partial charge on any atom is 0.293 e. The molecule has 1 spiro atoms. The number of carbonyl (C=O) groups is 2. The van der Waals surface area contributed by atoms with Crippen LogP contribution >= 0.6 is 0 Å². The molecule has 3 heterocycles. The van der Waals surface area contributed by atoms with Gasteiger partial charge in [0.05, 0.1) is 17.1 Å². The van der Waals surface area contributed by atoms with E-state index < -0.39 is 0 Å². The molecule has 9 nitrogen and oxygen atoms in total. The molecule has 0 radical (unpaired) electrons. The van der Waals surface area contributed by atoms with Crippen LogP contribution in [-0.2, 0) is 4.79 Å². The van der Waals surface area contributed by atoms with Crippen LogP contribution in [0.4, 0.5) is 11.4 Å². The number of hydrogen-bond acceptors (Lipinski definition) is 6. The first-order valence-electron chi connectivity index (χ1n) is 14.5. The molecule has 9 heteroatoms. The molecule has 208 valence electrons. The van der Waals surface area contributed by atoms with Gasteiger partial charge in [0, 0.05) is 43.2 Å². The zero-order valence-corrected chi connectivity index (χ0v) is 23.5. The number of benzene rings is 2. The van der Waals surface area contributed by atoms with Crippen LogP contribution in [0.15, 0.2) is 42.5 Å². The number of rotatable bonds is 4. The first-order chi connectivity index (χ1) is 19.3. The van der Waals surface area contributed by atoms with Gasteiger partial charge in [-0.1, -0.05) is 30.5 Å². The second kappa shape index (κ2) is 9.16. The van der Waals surface area contributed by atoms with E-state index in [9.17, 15) is 9.59 Å². The van der Waals surface area contributed by atoms with Crippen molar-refractivity contribution in [3.05, 3.63) is 53.9 Å². The summed E-state index contributed by atoms with van der Waals surface area (Å²) in [5.41, 5.74) is 11.3. The van der Waals surface area contributed by atoms with E-state index in [1.807, 2.05) is 62.2 Å². The van der Waals surface area contributed by atoms with Gasteiger partial charge < -0.3 is 20.4 Å². The summed E-state index contributed by atoms with van der Waals surface area (Å²) in [4.78, 5) is 37.6. The lowest BCUT2D eigenvalue weighted by Crippen LogP contribution is -2.54. The van der Waals surface area contributed by atoms with E-state index in [4.69, 9.17) is 15.8 Å². The zero-order chi connectivity index (χ0) is 27.8. The Labute approximate surface area is 234 Å². The molecule has 1 aromatic heterocycles. The Morgan fingerprint density at radius 2 is 1.77 bits per heavy atom. The lowest BCUT2D eigenvalue weighted by atomic mass is 10.0. The second-order valence-electron chi connectivity index (χ2n) is 12.3. The summed E-state index contributed by atoms with van der Waals surface area (Å²) < 4.78 is 1.78. The van der Waals surface area contributed by atoms with Gasteiger partial charge >= 0.3 is 0 Å². The Kier molecular flexibility index (Phi) is 5.78. The molecule has 3 fully saturated rings. The topological polar surface area (TPSA) is 101 Å². The quantitative estimate of drug-likeness (QED) is 0.540. The average molecular weight is 540 g/mol. The van der Waals surface area contributed by atoms with Crippen molar-refractivity contribution in [3.63, 3.8) is 0 Å². The molecule has 2 N–H and O–H groups in total. The fourth-order valence-electron chi connectivity index (χ4n) is 7.01. The van der Waals surface area contributed by atoms with E-state index in [1.54, 1.807) is 9.58 Å². The number of nitrogens with zero attached hydrogens (tertiary/aromatic N) is 6. The van der Waals surface area contributed by atoms with Crippen molar-refractivity contribution in [1.82, 2.24) is 19.7 Å². The third kappa shape index (κ3) is 3.93. The fraction of sp³-hybridized carbons (Fsp3) is 0.484. The molecule has 2 aromatic carbocycles. The smallest absolute Gasteiger partial charge is 0.293 e. The molecule has 0 unspecified atom stereocenters. The minimum atomic E-state index is -0.239.